The molecule has 1 unspecified atom stereocenters. The minimum Gasteiger partial charge on any atom is -0.496 e. The van der Waals surface area contributed by atoms with E-state index in [1.54, 1.807) is 19.2 Å². The summed E-state index contributed by atoms with van der Waals surface area (Å²) in [6.07, 6.45) is 1.78. The number of halogens is 1. The zero-order valence-electron chi connectivity index (χ0n) is 12.7. The summed E-state index contributed by atoms with van der Waals surface area (Å²) in [5.41, 5.74) is 1.13. The van der Waals surface area contributed by atoms with Gasteiger partial charge >= 0.3 is 0 Å². The summed E-state index contributed by atoms with van der Waals surface area (Å²) in [6, 6.07) is 5.12. The summed E-state index contributed by atoms with van der Waals surface area (Å²) in [6.45, 7) is 9.74. The first-order valence-electron chi connectivity index (χ1n) is 6.94. The van der Waals surface area contributed by atoms with E-state index < -0.39 is 0 Å². The van der Waals surface area contributed by atoms with Gasteiger partial charge in [-0.15, -0.1) is 0 Å². The molecule has 0 heterocycles. The molecule has 3 heteroatoms. The van der Waals surface area contributed by atoms with Crippen molar-refractivity contribution >= 4 is 0 Å². The van der Waals surface area contributed by atoms with Gasteiger partial charge in [-0.2, -0.15) is 0 Å². The summed E-state index contributed by atoms with van der Waals surface area (Å²) >= 11 is 0. The molecule has 0 spiro atoms. The van der Waals surface area contributed by atoms with E-state index >= 15 is 0 Å². The molecule has 0 aliphatic carbocycles. The number of benzene rings is 1. The molecular weight excluding hydrogens is 241 g/mol. The van der Waals surface area contributed by atoms with Crippen molar-refractivity contribution in [3.05, 3.63) is 29.6 Å². The van der Waals surface area contributed by atoms with Crippen LogP contribution in [0.1, 0.15) is 39.7 Å². The maximum absolute atomic E-state index is 13.3. The highest BCUT2D eigenvalue weighted by Crippen LogP contribution is 2.26. The number of ether oxygens (including phenoxy) is 1. The molecular formula is C16H26FNO. The fourth-order valence-electron chi connectivity index (χ4n) is 2.33. The van der Waals surface area contributed by atoms with Crippen LogP contribution in [0, 0.1) is 11.2 Å². The number of nitrogens with one attached hydrogen (secondary N) is 1. The van der Waals surface area contributed by atoms with Crippen LogP contribution in [0.25, 0.3) is 0 Å². The van der Waals surface area contributed by atoms with Gasteiger partial charge in [0.15, 0.2) is 0 Å². The number of methoxy groups -OCH3 is 1. The molecule has 1 aromatic carbocycles. The van der Waals surface area contributed by atoms with Crippen molar-refractivity contribution in [3.8, 4) is 5.75 Å². The Morgan fingerprint density at radius 1 is 1.32 bits per heavy atom. The third kappa shape index (κ3) is 4.83. The summed E-state index contributed by atoms with van der Waals surface area (Å²) in [5.74, 6) is 0.567. The molecule has 0 bridgehead atoms. The first kappa shape index (κ1) is 16.0. The van der Waals surface area contributed by atoms with E-state index in [4.69, 9.17) is 4.74 Å². The van der Waals surface area contributed by atoms with Gasteiger partial charge in [0.2, 0.25) is 0 Å². The fourth-order valence-corrected chi connectivity index (χ4v) is 2.33. The largest absolute Gasteiger partial charge is 0.496 e. The van der Waals surface area contributed by atoms with E-state index in [0.29, 0.717) is 6.04 Å². The normalized spacial score (nSPS) is 13.4. The van der Waals surface area contributed by atoms with Crippen LogP contribution in [0.3, 0.4) is 0 Å². The second-order valence-corrected chi connectivity index (χ2v) is 5.97. The first-order chi connectivity index (χ1) is 8.88. The maximum atomic E-state index is 13.3. The number of hydrogen-bond donors (Lipinski definition) is 1. The number of aryl methyl sites for hydroxylation is 1. The van der Waals surface area contributed by atoms with Gasteiger partial charge < -0.3 is 10.1 Å². The van der Waals surface area contributed by atoms with Gasteiger partial charge in [-0.3, -0.25) is 0 Å². The van der Waals surface area contributed by atoms with E-state index in [1.165, 1.54) is 6.07 Å². The minimum atomic E-state index is -0.202. The monoisotopic (exact) mass is 267 g/mol. The molecule has 0 fully saturated rings. The standard InChI is InChI=1S/C16H26FNO/c1-6-18-15(16(2,3)4)10-7-12-11-13(17)8-9-14(12)19-5/h8-9,11,15,18H,6-7,10H2,1-5H3. The average Bonchev–Trinajstić information content (AvgIpc) is 2.33. The second kappa shape index (κ2) is 6.90. The Balaban J connectivity index is 2.76. The Hall–Kier alpha value is -1.09. The van der Waals surface area contributed by atoms with E-state index in [2.05, 4.69) is 33.0 Å². The van der Waals surface area contributed by atoms with E-state index in [9.17, 15) is 4.39 Å². The van der Waals surface area contributed by atoms with Gasteiger partial charge in [-0.1, -0.05) is 27.7 Å². The predicted octanol–water partition coefficient (Wildman–Crippen LogP) is 3.79. The molecule has 0 saturated carbocycles. The molecule has 19 heavy (non-hydrogen) atoms. The Morgan fingerprint density at radius 3 is 2.53 bits per heavy atom. The van der Waals surface area contributed by atoms with Crippen LogP contribution in [0.5, 0.6) is 5.75 Å². The van der Waals surface area contributed by atoms with Gasteiger partial charge in [0.05, 0.1) is 7.11 Å². The third-order valence-corrected chi connectivity index (χ3v) is 3.44. The SMILES string of the molecule is CCNC(CCc1cc(F)ccc1OC)C(C)(C)C. The Labute approximate surface area is 116 Å². The molecule has 1 atom stereocenters. The highest BCUT2D eigenvalue weighted by molar-refractivity contribution is 5.34. The lowest BCUT2D eigenvalue weighted by Crippen LogP contribution is -2.40. The Kier molecular flexibility index (Phi) is 5.80. The van der Waals surface area contributed by atoms with Crippen molar-refractivity contribution in [1.29, 1.82) is 0 Å². The molecule has 0 aliphatic heterocycles. The highest BCUT2D eigenvalue weighted by atomic mass is 19.1. The quantitative estimate of drug-likeness (QED) is 0.846. The van der Waals surface area contributed by atoms with E-state index in [1.807, 2.05) is 0 Å². The zero-order chi connectivity index (χ0) is 14.5. The smallest absolute Gasteiger partial charge is 0.123 e. The summed E-state index contributed by atoms with van der Waals surface area (Å²) in [5, 5.41) is 3.51. The number of rotatable bonds is 6. The summed E-state index contributed by atoms with van der Waals surface area (Å²) in [4.78, 5) is 0. The van der Waals surface area contributed by atoms with E-state index in [-0.39, 0.29) is 11.2 Å². The van der Waals surface area contributed by atoms with Crippen molar-refractivity contribution in [2.24, 2.45) is 5.41 Å². The van der Waals surface area contributed by atoms with Crippen LogP contribution in [-0.4, -0.2) is 19.7 Å². The van der Waals surface area contributed by atoms with Crippen LogP contribution >= 0.6 is 0 Å². The van der Waals surface area contributed by atoms with Crippen LogP contribution in [0.4, 0.5) is 4.39 Å². The van der Waals surface area contributed by atoms with Crippen molar-refractivity contribution in [2.75, 3.05) is 13.7 Å². The number of hydrogen-bond acceptors (Lipinski definition) is 2. The molecule has 1 N–H and O–H groups in total. The predicted molar refractivity (Wildman–Crippen MR) is 78.2 cm³/mol. The molecule has 0 amide bonds. The lowest BCUT2D eigenvalue weighted by Gasteiger charge is -2.31. The van der Waals surface area contributed by atoms with Crippen LogP contribution in [-0.2, 0) is 6.42 Å². The molecule has 1 rings (SSSR count). The van der Waals surface area contributed by atoms with Gasteiger partial charge in [-0.25, -0.2) is 4.39 Å². The Bertz CT molecular complexity index is 398. The van der Waals surface area contributed by atoms with Gasteiger partial charge in [-0.05, 0) is 48.6 Å². The topological polar surface area (TPSA) is 21.3 Å². The van der Waals surface area contributed by atoms with Crippen molar-refractivity contribution in [3.63, 3.8) is 0 Å². The zero-order valence-corrected chi connectivity index (χ0v) is 12.7. The summed E-state index contributed by atoms with van der Waals surface area (Å²) in [7, 11) is 1.63. The molecule has 0 aliphatic rings. The van der Waals surface area contributed by atoms with Gasteiger partial charge in [0.25, 0.3) is 0 Å². The summed E-state index contributed by atoms with van der Waals surface area (Å²) < 4.78 is 18.6. The molecule has 108 valence electrons. The van der Waals surface area contributed by atoms with Crippen molar-refractivity contribution in [2.45, 2.75) is 46.6 Å². The van der Waals surface area contributed by atoms with Gasteiger partial charge in [0, 0.05) is 6.04 Å². The van der Waals surface area contributed by atoms with E-state index in [0.717, 1.165) is 30.7 Å². The third-order valence-electron chi connectivity index (χ3n) is 3.44. The lowest BCUT2D eigenvalue weighted by molar-refractivity contribution is 0.257. The van der Waals surface area contributed by atoms with Crippen LogP contribution in [0.15, 0.2) is 18.2 Å². The second-order valence-electron chi connectivity index (χ2n) is 5.97. The molecule has 0 radical (unpaired) electrons. The fraction of sp³-hybridized carbons (Fsp3) is 0.625. The maximum Gasteiger partial charge on any atom is 0.123 e. The van der Waals surface area contributed by atoms with Gasteiger partial charge in [0.1, 0.15) is 11.6 Å². The molecule has 0 saturated heterocycles. The van der Waals surface area contributed by atoms with Crippen molar-refractivity contribution in [1.82, 2.24) is 5.32 Å². The first-order valence-corrected chi connectivity index (χ1v) is 6.94. The minimum absolute atomic E-state index is 0.191. The van der Waals surface area contributed by atoms with Crippen LogP contribution < -0.4 is 10.1 Å². The van der Waals surface area contributed by atoms with Crippen LogP contribution in [0.2, 0.25) is 0 Å². The average molecular weight is 267 g/mol. The lowest BCUT2D eigenvalue weighted by atomic mass is 9.83. The molecule has 2 nitrogen and oxygen atoms in total. The highest BCUT2D eigenvalue weighted by Gasteiger charge is 2.23. The van der Waals surface area contributed by atoms with Crippen molar-refractivity contribution < 1.29 is 9.13 Å². The molecule has 0 aromatic heterocycles. The Morgan fingerprint density at radius 2 is 2.00 bits per heavy atom. The molecule has 1 aromatic rings.